The second kappa shape index (κ2) is 13.4. The fraction of sp³-hybridized carbons (Fsp3) is 0.333. The van der Waals surface area contributed by atoms with Crippen LogP contribution in [0.3, 0.4) is 0 Å². The Balaban J connectivity index is 1.33. The molecule has 4 aromatic rings. The molecule has 0 spiro atoms. The van der Waals surface area contributed by atoms with Gasteiger partial charge in [0.25, 0.3) is 5.91 Å². The van der Waals surface area contributed by atoms with Gasteiger partial charge in [0.2, 0.25) is 0 Å². The van der Waals surface area contributed by atoms with Gasteiger partial charge < -0.3 is 19.8 Å². The summed E-state index contributed by atoms with van der Waals surface area (Å²) in [5.41, 5.74) is 4.36. The highest BCUT2D eigenvalue weighted by Crippen LogP contribution is 2.41. The zero-order chi connectivity index (χ0) is 28.6. The molecule has 1 aromatic heterocycles. The first-order valence-electron chi connectivity index (χ1n) is 14.2. The summed E-state index contributed by atoms with van der Waals surface area (Å²) < 4.78 is 24.4. The fourth-order valence-corrected chi connectivity index (χ4v) is 5.53. The van der Waals surface area contributed by atoms with Gasteiger partial charge in [0.05, 0.1) is 12.5 Å². The minimum atomic E-state index is -1.02. The lowest BCUT2D eigenvalue weighted by Gasteiger charge is -2.31. The van der Waals surface area contributed by atoms with Gasteiger partial charge in [-0.25, -0.2) is 4.79 Å². The molecule has 8 heteroatoms. The van der Waals surface area contributed by atoms with Gasteiger partial charge in [-0.2, -0.15) is 0 Å². The molecule has 1 heterocycles. The van der Waals surface area contributed by atoms with Crippen LogP contribution >= 0.6 is 0 Å². The van der Waals surface area contributed by atoms with E-state index in [1.165, 1.54) is 19.3 Å². The fourth-order valence-electron chi connectivity index (χ4n) is 5.53. The molecule has 5 rings (SSSR count). The highest BCUT2D eigenvalue weighted by Gasteiger charge is 2.30. The van der Waals surface area contributed by atoms with E-state index in [9.17, 15) is 14.1 Å². The van der Waals surface area contributed by atoms with Crippen molar-refractivity contribution in [3.8, 4) is 5.75 Å². The molecule has 1 unspecified atom stereocenters. The Kier molecular flexibility index (Phi) is 9.19. The van der Waals surface area contributed by atoms with Gasteiger partial charge in [0.1, 0.15) is 23.7 Å². The van der Waals surface area contributed by atoms with Gasteiger partial charge in [0, 0.05) is 33.3 Å². The van der Waals surface area contributed by atoms with Crippen molar-refractivity contribution in [2.75, 3.05) is 11.9 Å². The molecule has 0 bridgehead atoms. The van der Waals surface area contributed by atoms with E-state index >= 15 is 0 Å². The predicted molar refractivity (Wildman–Crippen MR) is 155 cm³/mol. The first kappa shape index (κ1) is 28.2. The standard InChI is InChI=1S/C33H35FN2O5/c1-22-28-20-27(39-21-23-8-4-2-5-9-23)16-17-29(28)40-32(22)31(24-10-6-3-7-11-24)36-26-14-12-25(13-15-26)33(38)35-19-18-30(37)41-34/h2,4-5,8-9,12-17,20,24,31,36H,3,6-7,10-11,18-19,21H2,1H3,(H,35,38). The lowest BCUT2D eigenvalue weighted by Crippen LogP contribution is -2.26. The number of nitrogens with one attached hydrogen (secondary N) is 2. The van der Waals surface area contributed by atoms with Crippen molar-refractivity contribution in [2.45, 2.75) is 58.1 Å². The number of furan rings is 1. The third-order valence-corrected chi connectivity index (χ3v) is 7.77. The summed E-state index contributed by atoms with van der Waals surface area (Å²) in [6.07, 6.45) is 5.62. The van der Waals surface area contributed by atoms with E-state index in [4.69, 9.17) is 9.15 Å². The van der Waals surface area contributed by atoms with Gasteiger partial charge >= 0.3 is 5.97 Å². The molecule has 41 heavy (non-hydrogen) atoms. The number of fused-ring (bicyclic) bond motifs is 1. The number of aryl methyl sites for hydroxylation is 1. The van der Waals surface area contributed by atoms with E-state index in [0.29, 0.717) is 18.1 Å². The second-order valence-corrected chi connectivity index (χ2v) is 10.6. The average Bonchev–Trinajstić information content (AvgIpc) is 3.35. The molecule has 0 aliphatic heterocycles. The molecule has 1 aliphatic rings. The van der Waals surface area contributed by atoms with Crippen molar-refractivity contribution in [3.63, 3.8) is 0 Å². The van der Waals surface area contributed by atoms with Gasteiger partial charge in [-0.05, 0) is 73.7 Å². The van der Waals surface area contributed by atoms with Gasteiger partial charge in [0.15, 0.2) is 0 Å². The Hall–Kier alpha value is -4.33. The Morgan fingerprint density at radius 1 is 1.00 bits per heavy atom. The largest absolute Gasteiger partial charge is 0.489 e. The Bertz CT molecular complexity index is 1460. The number of halogens is 1. The summed E-state index contributed by atoms with van der Waals surface area (Å²) in [5.74, 6) is 0.777. The van der Waals surface area contributed by atoms with Crippen LogP contribution in [0.15, 0.2) is 77.2 Å². The van der Waals surface area contributed by atoms with Crippen LogP contribution in [0, 0.1) is 12.8 Å². The number of benzene rings is 3. The smallest absolute Gasteiger partial charge is 0.350 e. The third-order valence-electron chi connectivity index (χ3n) is 7.77. The van der Waals surface area contributed by atoms with Gasteiger partial charge in [-0.15, -0.1) is 0 Å². The number of hydrogen-bond acceptors (Lipinski definition) is 6. The Morgan fingerprint density at radius 3 is 2.49 bits per heavy atom. The van der Waals surface area contributed by atoms with E-state index in [2.05, 4.69) is 28.6 Å². The van der Waals surface area contributed by atoms with Crippen molar-refractivity contribution in [1.29, 1.82) is 0 Å². The molecular weight excluding hydrogens is 523 g/mol. The summed E-state index contributed by atoms with van der Waals surface area (Å²) in [4.78, 5) is 26.5. The van der Waals surface area contributed by atoms with Crippen LogP contribution in [0.1, 0.15) is 71.8 Å². The first-order valence-corrected chi connectivity index (χ1v) is 14.2. The predicted octanol–water partition coefficient (Wildman–Crippen LogP) is 7.60. The maximum atomic E-state index is 12.4. The molecule has 1 atom stereocenters. The minimum Gasteiger partial charge on any atom is -0.489 e. The number of hydrogen-bond donors (Lipinski definition) is 2. The van der Waals surface area contributed by atoms with Crippen LogP contribution in [-0.4, -0.2) is 18.4 Å². The molecule has 0 saturated heterocycles. The highest BCUT2D eigenvalue weighted by molar-refractivity contribution is 5.94. The number of carbonyl (C=O) groups is 2. The quantitative estimate of drug-likeness (QED) is 0.197. The van der Waals surface area contributed by atoms with Crippen LogP contribution in [0.2, 0.25) is 0 Å². The van der Waals surface area contributed by atoms with E-state index in [0.717, 1.165) is 52.1 Å². The van der Waals surface area contributed by atoms with E-state index < -0.39 is 5.97 Å². The monoisotopic (exact) mass is 558 g/mol. The van der Waals surface area contributed by atoms with E-state index in [1.807, 2.05) is 54.6 Å². The Labute approximate surface area is 238 Å². The number of ether oxygens (including phenoxy) is 1. The first-order chi connectivity index (χ1) is 20.0. The number of anilines is 1. The molecular formula is C33H35FN2O5. The van der Waals surface area contributed by atoms with Crippen molar-refractivity contribution in [1.82, 2.24) is 5.32 Å². The molecule has 2 N–H and O–H groups in total. The van der Waals surface area contributed by atoms with Crippen LogP contribution < -0.4 is 15.4 Å². The summed E-state index contributed by atoms with van der Waals surface area (Å²) in [6, 6.07) is 23.2. The third kappa shape index (κ3) is 7.06. The highest BCUT2D eigenvalue weighted by atomic mass is 19.3. The van der Waals surface area contributed by atoms with Gasteiger partial charge in [-0.3, -0.25) is 9.74 Å². The van der Waals surface area contributed by atoms with Crippen molar-refractivity contribution >= 4 is 28.5 Å². The number of rotatable bonds is 11. The second-order valence-electron chi connectivity index (χ2n) is 10.6. The molecule has 1 aliphatic carbocycles. The molecule has 3 aromatic carbocycles. The lowest BCUT2D eigenvalue weighted by atomic mass is 9.82. The van der Waals surface area contributed by atoms with Crippen molar-refractivity contribution in [3.05, 3.63) is 95.2 Å². The van der Waals surface area contributed by atoms with Crippen LogP contribution in [-0.2, 0) is 16.3 Å². The number of amides is 1. The lowest BCUT2D eigenvalue weighted by molar-refractivity contribution is -0.183. The zero-order valence-corrected chi connectivity index (χ0v) is 23.2. The van der Waals surface area contributed by atoms with Crippen molar-refractivity contribution < 1.29 is 28.2 Å². The SMILES string of the molecule is Cc1c(C(Nc2ccc(C(=O)NCCC(=O)OF)cc2)C2CCCCC2)oc2ccc(OCc3ccccc3)cc12. The normalized spacial score (nSPS) is 14.4. The average molecular weight is 559 g/mol. The Morgan fingerprint density at radius 2 is 1.76 bits per heavy atom. The number of carbonyl (C=O) groups excluding carboxylic acids is 2. The van der Waals surface area contributed by atoms with Crippen molar-refractivity contribution in [2.24, 2.45) is 5.92 Å². The summed E-state index contributed by atoms with van der Waals surface area (Å²) in [5, 5.41) is 7.33. The summed E-state index contributed by atoms with van der Waals surface area (Å²) in [6.45, 7) is 2.60. The molecule has 214 valence electrons. The topological polar surface area (TPSA) is 89.8 Å². The molecule has 1 amide bonds. The molecule has 7 nitrogen and oxygen atoms in total. The summed E-state index contributed by atoms with van der Waals surface area (Å²) >= 11 is 0. The van der Waals surface area contributed by atoms with Crippen LogP contribution in [0.25, 0.3) is 11.0 Å². The van der Waals surface area contributed by atoms with E-state index in [1.54, 1.807) is 12.1 Å². The van der Waals surface area contributed by atoms with Gasteiger partial charge in [-0.1, -0.05) is 49.6 Å². The summed E-state index contributed by atoms with van der Waals surface area (Å²) in [7, 11) is 0. The maximum Gasteiger partial charge on any atom is 0.350 e. The van der Waals surface area contributed by atoms with Crippen LogP contribution in [0.5, 0.6) is 5.75 Å². The molecule has 1 saturated carbocycles. The van der Waals surface area contributed by atoms with Crippen LogP contribution in [0.4, 0.5) is 10.2 Å². The zero-order valence-electron chi connectivity index (χ0n) is 23.2. The maximum absolute atomic E-state index is 12.4. The molecule has 0 radical (unpaired) electrons. The van der Waals surface area contributed by atoms with E-state index in [-0.39, 0.29) is 24.9 Å². The minimum absolute atomic E-state index is 0.00428. The molecule has 1 fully saturated rings.